The summed E-state index contributed by atoms with van der Waals surface area (Å²) in [4.78, 5) is 39.7. The average Bonchev–Trinajstić information content (AvgIpc) is 3.09. The summed E-state index contributed by atoms with van der Waals surface area (Å²) >= 11 is 1.46. The van der Waals surface area contributed by atoms with Crippen molar-refractivity contribution in [3.8, 4) is 0 Å². The molecular formula is C17H22N2O4S. The Morgan fingerprint density at radius 3 is 2.58 bits per heavy atom. The van der Waals surface area contributed by atoms with E-state index >= 15 is 0 Å². The number of amides is 1. The van der Waals surface area contributed by atoms with E-state index in [1.807, 2.05) is 11.4 Å². The van der Waals surface area contributed by atoms with E-state index in [2.05, 4.69) is 4.90 Å². The molecule has 0 aromatic carbocycles. The standard InChI is InChI=1S/C17H22N2O4S/c1-11(20)14-7-12(10-24-14)9-19-5-3-17(4-6-19)13(16(22)23)8-15(21)18(17)2/h7,10,13H,3-6,8-9H2,1-2H3,(H,22,23)/t13-/m1/s1. The predicted molar refractivity (Wildman–Crippen MR) is 90.1 cm³/mol. The van der Waals surface area contributed by atoms with E-state index < -0.39 is 17.4 Å². The molecule has 1 atom stereocenters. The van der Waals surface area contributed by atoms with Gasteiger partial charge in [-0.25, -0.2) is 0 Å². The van der Waals surface area contributed by atoms with E-state index in [4.69, 9.17) is 0 Å². The van der Waals surface area contributed by atoms with Crippen LogP contribution in [-0.4, -0.2) is 58.2 Å². The van der Waals surface area contributed by atoms with Gasteiger partial charge in [0.25, 0.3) is 0 Å². The number of carboxylic acid groups (broad SMARTS) is 1. The van der Waals surface area contributed by atoms with Gasteiger partial charge in [-0.1, -0.05) is 0 Å². The molecular weight excluding hydrogens is 328 g/mol. The third-order valence-corrected chi connectivity index (χ3v) is 6.58. The van der Waals surface area contributed by atoms with Gasteiger partial charge in [0.2, 0.25) is 5.91 Å². The summed E-state index contributed by atoms with van der Waals surface area (Å²) in [6.07, 6.45) is 1.46. The Bertz CT molecular complexity index is 676. The summed E-state index contributed by atoms with van der Waals surface area (Å²) in [7, 11) is 1.74. The first-order chi connectivity index (χ1) is 11.3. The highest BCUT2D eigenvalue weighted by molar-refractivity contribution is 7.12. The molecule has 0 radical (unpaired) electrons. The summed E-state index contributed by atoms with van der Waals surface area (Å²) in [6.45, 7) is 3.84. The number of carbonyl (C=O) groups excluding carboxylic acids is 2. The van der Waals surface area contributed by atoms with Gasteiger partial charge in [0, 0.05) is 33.1 Å². The van der Waals surface area contributed by atoms with Crippen LogP contribution in [0.4, 0.5) is 0 Å². The van der Waals surface area contributed by atoms with Crippen LogP contribution in [0.15, 0.2) is 11.4 Å². The molecule has 2 aliphatic rings. The van der Waals surface area contributed by atoms with Gasteiger partial charge in [0.1, 0.15) is 0 Å². The lowest BCUT2D eigenvalue weighted by Gasteiger charge is -2.45. The van der Waals surface area contributed by atoms with Crippen LogP contribution in [0, 0.1) is 5.92 Å². The highest BCUT2D eigenvalue weighted by Gasteiger charge is 2.55. The van der Waals surface area contributed by atoms with Crippen molar-refractivity contribution in [2.24, 2.45) is 5.92 Å². The van der Waals surface area contributed by atoms with Crippen LogP contribution >= 0.6 is 11.3 Å². The lowest BCUT2D eigenvalue weighted by molar-refractivity contribution is -0.146. The minimum Gasteiger partial charge on any atom is -0.481 e. The largest absolute Gasteiger partial charge is 0.481 e. The van der Waals surface area contributed by atoms with E-state index in [9.17, 15) is 19.5 Å². The Kier molecular flexibility index (Phi) is 4.48. The normalized spacial score (nSPS) is 23.8. The molecule has 2 saturated heterocycles. The zero-order chi connectivity index (χ0) is 17.5. The molecule has 130 valence electrons. The van der Waals surface area contributed by atoms with E-state index in [0.29, 0.717) is 12.8 Å². The summed E-state index contributed by atoms with van der Waals surface area (Å²) in [5.41, 5.74) is 0.574. The van der Waals surface area contributed by atoms with Crippen LogP contribution < -0.4 is 0 Å². The monoisotopic (exact) mass is 350 g/mol. The summed E-state index contributed by atoms with van der Waals surface area (Å²) in [6, 6.07) is 1.93. The van der Waals surface area contributed by atoms with Crippen LogP contribution in [0.25, 0.3) is 0 Å². The van der Waals surface area contributed by atoms with E-state index in [1.165, 1.54) is 11.3 Å². The van der Waals surface area contributed by atoms with Crippen LogP contribution in [0.5, 0.6) is 0 Å². The van der Waals surface area contributed by atoms with Crippen molar-refractivity contribution in [3.05, 3.63) is 21.9 Å². The van der Waals surface area contributed by atoms with E-state index in [-0.39, 0.29) is 18.1 Å². The number of hydrogen-bond acceptors (Lipinski definition) is 5. The van der Waals surface area contributed by atoms with Crippen molar-refractivity contribution in [1.82, 2.24) is 9.80 Å². The average molecular weight is 350 g/mol. The zero-order valence-electron chi connectivity index (χ0n) is 13.9. The first-order valence-corrected chi connectivity index (χ1v) is 9.01. The first kappa shape index (κ1) is 17.1. The van der Waals surface area contributed by atoms with Crippen molar-refractivity contribution in [3.63, 3.8) is 0 Å². The fraction of sp³-hybridized carbons (Fsp3) is 0.588. The smallest absolute Gasteiger partial charge is 0.309 e. The Balaban J connectivity index is 1.67. The van der Waals surface area contributed by atoms with Crippen LogP contribution in [0.3, 0.4) is 0 Å². The number of likely N-dealkylation sites (tertiary alicyclic amines) is 2. The highest BCUT2D eigenvalue weighted by Crippen LogP contribution is 2.43. The van der Waals surface area contributed by atoms with Gasteiger partial charge in [-0.05, 0) is 36.8 Å². The zero-order valence-corrected chi connectivity index (χ0v) is 14.8. The molecule has 2 aliphatic heterocycles. The molecule has 24 heavy (non-hydrogen) atoms. The van der Waals surface area contributed by atoms with Crippen LogP contribution in [0.1, 0.15) is 41.4 Å². The minimum atomic E-state index is -0.870. The number of aliphatic carboxylic acids is 1. The molecule has 0 unspecified atom stereocenters. The Labute approximate surface area is 145 Å². The quantitative estimate of drug-likeness (QED) is 0.839. The maximum absolute atomic E-state index is 12.0. The number of nitrogens with zero attached hydrogens (tertiary/aromatic N) is 2. The molecule has 7 heteroatoms. The molecule has 1 aromatic rings. The fourth-order valence-electron chi connectivity index (χ4n) is 3.98. The van der Waals surface area contributed by atoms with Gasteiger partial charge in [-0.3, -0.25) is 19.3 Å². The topological polar surface area (TPSA) is 77.9 Å². The minimum absolute atomic E-state index is 0.0696. The lowest BCUT2D eigenvalue weighted by atomic mass is 9.77. The van der Waals surface area contributed by atoms with Crippen molar-refractivity contribution < 1.29 is 19.5 Å². The molecule has 6 nitrogen and oxygen atoms in total. The molecule has 1 aromatic heterocycles. The van der Waals surface area contributed by atoms with Gasteiger partial charge in [0.05, 0.1) is 16.3 Å². The van der Waals surface area contributed by atoms with Crippen molar-refractivity contribution in [2.75, 3.05) is 20.1 Å². The molecule has 1 amide bonds. The third-order valence-electron chi connectivity index (χ3n) is 5.50. The van der Waals surface area contributed by atoms with Crippen LogP contribution in [0.2, 0.25) is 0 Å². The highest BCUT2D eigenvalue weighted by atomic mass is 32.1. The van der Waals surface area contributed by atoms with E-state index in [0.717, 1.165) is 30.1 Å². The number of Topliss-reactive ketones (excluding diaryl/α,β-unsaturated/α-hetero) is 1. The number of hydrogen-bond donors (Lipinski definition) is 1. The second-order valence-electron chi connectivity index (χ2n) is 6.80. The third kappa shape index (κ3) is 2.86. The van der Waals surface area contributed by atoms with Gasteiger partial charge >= 0.3 is 5.97 Å². The number of ketones is 1. The van der Waals surface area contributed by atoms with Gasteiger partial charge in [0.15, 0.2) is 5.78 Å². The van der Waals surface area contributed by atoms with E-state index in [1.54, 1.807) is 18.9 Å². The van der Waals surface area contributed by atoms with Gasteiger partial charge in [-0.15, -0.1) is 11.3 Å². The van der Waals surface area contributed by atoms with Crippen LogP contribution in [-0.2, 0) is 16.1 Å². The Hall–Kier alpha value is -1.73. The fourth-order valence-corrected chi connectivity index (χ4v) is 4.79. The van der Waals surface area contributed by atoms with Crippen molar-refractivity contribution >= 4 is 29.0 Å². The van der Waals surface area contributed by atoms with Crippen molar-refractivity contribution in [2.45, 2.75) is 38.3 Å². The maximum Gasteiger partial charge on any atom is 0.309 e. The second-order valence-corrected chi connectivity index (χ2v) is 7.71. The number of piperidine rings is 1. The molecule has 0 saturated carbocycles. The number of thiophene rings is 1. The SMILES string of the molecule is CC(=O)c1cc(CN2CCC3(CC2)[C@@H](C(=O)O)CC(=O)N3C)cs1. The van der Waals surface area contributed by atoms with Crippen molar-refractivity contribution in [1.29, 1.82) is 0 Å². The molecule has 2 fully saturated rings. The predicted octanol–water partition coefficient (Wildman–Crippen LogP) is 1.85. The molecule has 3 rings (SSSR count). The molecule has 1 N–H and O–H groups in total. The van der Waals surface area contributed by atoms with Gasteiger partial charge in [-0.2, -0.15) is 0 Å². The molecule has 1 spiro atoms. The number of rotatable bonds is 4. The first-order valence-electron chi connectivity index (χ1n) is 8.13. The number of carboxylic acids is 1. The summed E-state index contributed by atoms with van der Waals surface area (Å²) in [5.74, 6) is -1.47. The molecule has 0 aliphatic carbocycles. The Morgan fingerprint density at radius 2 is 2.04 bits per heavy atom. The Morgan fingerprint density at radius 1 is 1.38 bits per heavy atom. The van der Waals surface area contributed by atoms with Gasteiger partial charge < -0.3 is 10.0 Å². The maximum atomic E-state index is 12.0. The lowest BCUT2D eigenvalue weighted by Crippen LogP contribution is -2.55. The second kappa shape index (κ2) is 6.29. The molecule has 3 heterocycles. The number of carbonyl (C=O) groups is 3. The summed E-state index contributed by atoms with van der Waals surface area (Å²) < 4.78 is 0. The molecule has 0 bridgehead atoms. The summed E-state index contributed by atoms with van der Waals surface area (Å²) in [5, 5.41) is 11.5.